The Morgan fingerprint density at radius 2 is 1.95 bits per heavy atom. The smallest absolute Gasteiger partial charge is 0.316 e. The molecule has 21 heavy (non-hydrogen) atoms. The summed E-state index contributed by atoms with van der Waals surface area (Å²) >= 11 is 0. The number of aromatic nitrogens is 2. The zero-order valence-electron chi connectivity index (χ0n) is 12.7. The Balaban J connectivity index is 2.03. The number of carbonyl (C=O) groups excluding carboxylic acids is 2. The van der Waals surface area contributed by atoms with Gasteiger partial charge < -0.3 is 16.4 Å². The Morgan fingerprint density at radius 1 is 1.33 bits per heavy atom. The topological polar surface area (TPSA) is 113 Å². The van der Waals surface area contributed by atoms with E-state index in [4.69, 9.17) is 5.73 Å². The quantitative estimate of drug-likeness (QED) is 0.668. The lowest BCUT2D eigenvalue weighted by molar-refractivity contribution is -0.123. The number of urea groups is 1. The molecule has 0 bridgehead atoms. The molecule has 0 spiro atoms. The van der Waals surface area contributed by atoms with Crippen LogP contribution in [0.2, 0.25) is 0 Å². The maximum atomic E-state index is 12.2. The van der Waals surface area contributed by atoms with Crippen LogP contribution in [-0.4, -0.2) is 27.7 Å². The third-order valence-corrected chi connectivity index (χ3v) is 4.25. The highest BCUT2D eigenvalue weighted by Crippen LogP contribution is 2.29. The van der Waals surface area contributed by atoms with Gasteiger partial charge in [0.05, 0.1) is 11.7 Å². The highest BCUT2D eigenvalue weighted by Gasteiger charge is 2.41. The molecule has 1 atom stereocenters. The lowest BCUT2D eigenvalue weighted by Gasteiger charge is -2.27. The van der Waals surface area contributed by atoms with Crippen molar-refractivity contribution >= 4 is 11.9 Å². The lowest BCUT2D eigenvalue weighted by atomic mass is 9.97. The number of hydrogen-bond acceptors (Lipinski definition) is 3. The van der Waals surface area contributed by atoms with Gasteiger partial charge in [-0.3, -0.25) is 9.89 Å². The molecule has 1 unspecified atom stereocenters. The molecule has 0 radical (unpaired) electrons. The van der Waals surface area contributed by atoms with Crippen LogP contribution >= 0.6 is 0 Å². The SMILES string of the molecule is Cc1n[nH]c(C)c1C(C)NC(=O)NC1(C(N)=O)CCCC1. The van der Waals surface area contributed by atoms with Gasteiger partial charge in [0.1, 0.15) is 5.54 Å². The van der Waals surface area contributed by atoms with E-state index in [9.17, 15) is 9.59 Å². The molecule has 1 aromatic heterocycles. The average molecular weight is 293 g/mol. The van der Waals surface area contributed by atoms with Gasteiger partial charge in [-0.15, -0.1) is 0 Å². The summed E-state index contributed by atoms with van der Waals surface area (Å²) < 4.78 is 0. The molecule has 116 valence electrons. The molecule has 1 aliphatic rings. The molecule has 7 nitrogen and oxygen atoms in total. The molecule has 1 saturated carbocycles. The Bertz CT molecular complexity index is 526. The van der Waals surface area contributed by atoms with Gasteiger partial charge in [0.25, 0.3) is 0 Å². The predicted molar refractivity (Wildman–Crippen MR) is 78.5 cm³/mol. The first-order chi connectivity index (χ1) is 9.85. The van der Waals surface area contributed by atoms with Crippen molar-refractivity contribution in [1.82, 2.24) is 20.8 Å². The summed E-state index contributed by atoms with van der Waals surface area (Å²) in [5, 5.41) is 12.6. The molecule has 2 rings (SSSR count). The van der Waals surface area contributed by atoms with Crippen molar-refractivity contribution in [2.45, 2.75) is 58.0 Å². The first-order valence-corrected chi connectivity index (χ1v) is 7.26. The number of aryl methyl sites for hydroxylation is 2. The monoisotopic (exact) mass is 293 g/mol. The van der Waals surface area contributed by atoms with Gasteiger partial charge in [0.2, 0.25) is 5.91 Å². The maximum absolute atomic E-state index is 12.2. The highest BCUT2D eigenvalue weighted by molar-refractivity contribution is 5.90. The van der Waals surface area contributed by atoms with Crippen LogP contribution in [0.25, 0.3) is 0 Å². The minimum Gasteiger partial charge on any atom is -0.368 e. The summed E-state index contributed by atoms with van der Waals surface area (Å²) in [6, 6.07) is -0.571. The fraction of sp³-hybridized carbons (Fsp3) is 0.643. The number of aromatic amines is 1. The summed E-state index contributed by atoms with van der Waals surface area (Å²) in [5.41, 5.74) is 7.30. The summed E-state index contributed by atoms with van der Waals surface area (Å²) in [6.45, 7) is 5.68. The van der Waals surface area contributed by atoms with Gasteiger partial charge in [0.15, 0.2) is 0 Å². The van der Waals surface area contributed by atoms with Gasteiger partial charge in [-0.1, -0.05) is 12.8 Å². The molecule has 3 amide bonds. The largest absolute Gasteiger partial charge is 0.368 e. The molecule has 1 heterocycles. The molecule has 1 aromatic rings. The average Bonchev–Trinajstić information content (AvgIpc) is 2.97. The molecular formula is C14H23N5O2. The third kappa shape index (κ3) is 3.01. The van der Waals surface area contributed by atoms with E-state index >= 15 is 0 Å². The highest BCUT2D eigenvalue weighted by atomic mass is 16.2. The molecule has 0 saturated heterocycles. The van der Waals surface area contributed by atoms with Crippen molar-refractivity contribution < 1.29 is 9.59 Å². The van der Waals surface area contributed by atoms with Gasteiger partial charge in [0, 0.05) is 11.3 Å². The van der Waals surface area contributed by atoms with Crippen molar-refractivity contribution in [2.24, 2.45) is 5.73 Å². The van der Waals surface area contributed by atoms with Crippen molar-refractivity contribution in [3.8, 4) is 0 Å². The minimum atomic E-state index is -0.899. The van der Waals surface area contributed by atoms with Crippen LogP contribution in [0.15, 0.2) is 0 Å². The second-order valence-corrected chi connectivity index (χ2v) is 5.82. The molecule has 7 heteroatoms. The zero-order valence-corrected chi connectivity index (χ0v) is 12.7. The first kappa shape index (κ1) is 15.3. The van der Waals surface area contributed by atoms with E-state index in [1.807, 2.05) is 20.8 Å². The van der Waals surface area contributed by atoms with Crippen LogP contribution in [0.1, 0.15) is 55.6 Å². The zero-order chi connectivity index (χ0) is 15.6. The van der Waals surface area contributed by atoms with E-state index < -0.39 is 11.4 Å². The normalized spacial score (nSPS) is 18.2. The minimum absolute atomic E-state index is 0.199. The summed E-state index contributed by atoms with van der Waals surface area (Å²) in [5.74, 6) is -0.460. The summed E-state index contributed by atoms with van der Waals surface area (Å²) in [6.07, 6.45) is 3.01. The Hall–Kier alpha value is -2.05. The molecule has 0 aromatic carbocycles. The Morgan fingerprint density at radius 3 is 2.43 bits per heavy atom. The van der Waals surface area contributed by atoms with Gasteiger partial charge >= 0.3 is 6.03 Å². The number of H-pyrrole nitrogens is 1. The van der Waals surface area contributed by atoms with Crippen LogP contribution in [0.3, 0.4) is 0 Å². The van der Waals surface area contributed by atoms with Crippen molar-refractivity contribution in [3.63, 3.8) is 0 Å². The number of nitrogens with two attached hydrogens (primary N) is 1. The van der Waals surface area contributed by atoms with E-state index in [0.29, 0.717) is 12.8 Å². The number of hydrogen-bond donors (Lipinski definition) is 4. The van der Waals surface area contributed by atoms with E-state index in [2.05, 4.69) is 20.8 Å². The lowest BCUT2D eigenvalue weighted by Crippen LogP contribution is -2.58. The Labute approximate surface area is 124 Å². The van der Waals surface area contributed by atoms with Crippen LogP contribution in [-0.2, 0) is 4.79 Å². The van der Waals surface area contributed by atoms with Gasteiger partial charge in [-0.2, -0.15) is 5.10 Å². The predicted octanol–water partition coefficient (Wildman–Crippen LogP) is 1.18. The molecule has 1 fully saturated rings. The second-order valence-electron chi connectivity index (χ2n) is 5.82. The first-order valence-electron chi connectivity index (χ1n) is 7.26. The maximum Gasteiger partial charge on any atom is 0.316 e. The number of carbonyl (C=O) groups is 2. The Kier molecular flexibility index (Phi) is 4.20. The number of nitrogens with zero attached hydrogens (tertiary/aromatic N) is 1. The molecule has 5 N–H and O–H groups in total. The summed E-state index contributed by atoms with van der Waals surface area (Å²) in [4.78, 5) is 23.8. The van der Waals surface area contributed by atoms with Crippen LogP contribution in [0, 0.1) is 13.8 Å². The number of amides is 3. The van der Waals surface area contributed by atoms with Crippen LogP contribution in [0.5, 0.6) is 0 Å². The number of nitrogens with one attached hydrogen (secondary N) is 3. The summed E-state index contributed by atoms with van der Waals surface area (Å²) in [7, 11) is 0. The molecule has 1 aliphatic carbocycles. The van der Waals surface area contributed by atoms with Crippen molar-refractivity contribution in [2.75, 3.05) is 0 Å². The van der Waals surface area contributed by atoms with E-state index in [0.717, 1.165) is 29.8 Å². The fourth-order valence-corrected chi connectivity index (χ4v) is 3.13. The van der Waals surface area contributed by atoms with Gasteiger partial charge in [-0.25, -0.2) is 4.79 Å². The number of primary amides is 1. The van der Waals surface area contributed by atoms with E-state index in [1.165, 1.54) is 0 Å². The second kappa shape index (κ2) is 5.75. The fourth-order valence-electron chi connectivity index (χ4n) is 3.13. The van der Waals surface area contributed by atoms with Crippen LogP contribution in [0.4, 0.5) is 4.79 Å². The molecular weight excluding hydrogens is 270 g/mol. The van der Waals surface area contributed by atoms with Crippen LogP contribution < -0.4 is 16.4 Å². The van der Waals surface area contributed by atoms with E-state index in [1.54, 1.807) is 0 Å². The molecule has 0 aliphatic heterocycles. The number of rotatable bonds is 4. The third-order valence-electron chi connectivity index (χ3n) is 4.25. The standard InChI is InChI=1S/C14H23N5O2/c1-8(11-9(2)18-19-10(11)3)16-13(21)17-14(12(15)20)6-4-5-7-14/h8H,4-7H2,1-3H3,(H2,15,20)(H,18,19)(H2,16,17,21). The van der Waals surface area contributed by atoms with Crippen molar-refractivity contribution in [3.05, 3.63) is 17.0 Å². The van der Waals surface area contributed by atoms with E-state index in [-0.39, 0.29) is 12.1 Å². The van der Waals surface area contributed by atoms with Crippen molar-refractivity contribution in [1.29, 1.82) is 0 Å². The van der Waals surface area contributed by atoms with Gasteiger partial charge in [-0.05, 0) is 33.6 Å².